The smallest absolute Gasteiger partial charge is 0.258 e. The lowest BCUT2D eigenvalue weighted by Crippen LogP contribution is -2.37. The van der Waals surface area contributed by atoms with Crippen molar-refractivity contribution in [2.24, 2.45) is 0 Å². The van der Waals surface area contributed by atoms with E-state index in [-0.39, 0.29) is 12.5 Å². The van der Waals surface area contributed by atoms with Crippen molar-refractivity contribution in [1.29, 1.82) is 0 Å². The Balaban J connectivity index is 1.81. The normalized spacial score (nSPS) is 16.4. The number of amides is 1. The Kier molecular flexibility index (Phi) is 5.27. The number of hydrogen-bond donors (Lipinski definition) is 2. The van der Waals surface area contributed by atoms with Crippen LogP contribution in [0.5, 0.6) is 5.75 Å². The minimum Gasteiger partial charge on any atom is -0.482 e. The molecule has 1 fully saturated rings. The predicted molar refractivity (Wildman–Crippen MR) is 80.7 cm³/mol. The van der Waals surface area contributed by atoms with Crippen LogP contribution in [-0.2, 0) is 4.79 Å². The van der Waals surface area contributed by atoms with Gasteiger partial charge in [-0.05, 0) is 31.4 Å². The van der Waals surface area contributed by atoms with Crippen molar-refractivity contribution in [3.05, 3.63) is 23.8 Å². The Morgan fingerprint density at radius 1 is 1.30 bits per heavy atom. The molecule has 1 amide bonds. The molecule has 0 saturated heterocycles. The number of aryl methyl sites for hydroxylation is 1. The highest BCUT2D eigenvalue weighted by Gasteiger charge is 2.15. The second-order valence-corrected chi connectivity index (χ2v) is 5.53. The molecule has 0 aliphatic heterocycles. The van der Waals surface area contributed by atoms with Crippen LogP contribution in [0.3, 0.4) is 0 Å². The highest BCUT2D eigenvalue weighted by molar-refractivity contribution is 5.78. The molecule has 0 unspecified atom stereocenters. The SMILES string of the molecule is Cc1cccc(OCC(=O)NC2CCCCCC2)c1N. The topological polar surface area (TPSA) is 64.3 Å². The largest absolute Gasteiger partial charge is 0.482 e. The van der Waals surface area contributed by atoms with Crippen LogP contribution >= 0.6 is 0 Å². The van der Waals surface area contributed by atoms with Crippen molar-refractivity contribution in [1.82, 2.24) is 5.32 Å². The molecule has 0 spiro atoms. The maximum atomic E-state index is 11.9. The number of carbonyl (C=O) groups excluding carboxylic acids is 1. The van der Waals surface area contributed by atoms with Crippen LogP contribution in [-0.4, -0.2) is 18.6 Å². The summed E-state index contributed by atoms with van der Waals surface area (Å²) in [6.07, 6.45) is 7.13. The number of hydrogen-bond acceptors (Lipinski definition) is 3. The molecule has 0 atom stereocenters. The summed E-state index contributed by atoms with van der Waals surface area (Å²) in [5.74, 6) is 0.527. The maximum absolute atomic E-state index is 11.9. The van der Waals surface area contributed by atoms with Crippen LogP contribution < -0.4 is 15.8 Å². The summed E-state index contributed by atoms with van der Waals surface area (Å²) in [5.41, 5.74) is 7.49. The lowest BCUT2D eigenvalue weighted by molar-refractivity contribution is -0.123. The molecule has 1 aromatic carbocycles. The molecular formula is C16H24N2O2. The van der Waals surface area contributed by atoms with Gasteiger partial charge in [-0.25, -0.2) is 0 Å². The van der Waals surface area contributed by atoms with E-state index < -0.39 is 0 Å². The summed E-state index contributed by atoms with van der Waals surface area (Å²) in [4.78, 5) is 11.9. The first kappa shape index (κ1) is 14.7. The number of nitrogen functional groups attached to an aromatic ring is 1. The molecule has 2 rings (SSSR count). The van der Waals surface area contributed by atoms with Crippen LogP contribution in [0.15, 0.2) is 18.2 Å². The van der Waals surface area contributed by atoms with Gasteiger partial charge >= 0.3 is 0 Å². The van der Waals surface area contributed by atoms with E-state index in [1.54, 1.807) is 6.07 Å². The molecule has 1 aliphatic carbocycles. The number of anilines is 1. The van der Waals surface area contributed by atoms with E-state index in [1.807, 2.05) is 19.1 Å². The zero-order valence-corrected chi connectivity index (χ0v) is 12.2. The number of para-hydroxylation sites is 1. The summed E-state index contributed by atoms with van der Waals surface area (Å²) in [5, 5.41) is 3.06. The zero-order chi connectivity index (χ0) is 14.4. The van der Waals surface area contributed by atoms with E-state index in [1.165, 1.54) is 25.7 Å². The molecule has 1 saturated carbocycles. The first-order valence-corrected chi connectivity index (χ1v) is 7.44. The average Bonchev–Trinajstić information content (AvgIpc) is 2.69. The number of benzene rings is 1. The molecule has 0 aromatic heterocycles. The Morgan fingerprint density at radius 3 is 2.70 bits per heavy atom. The van der Waals surface area contributed by atoms with E-state index in [4.69, 9.17) is 10.5 Å². The summed E-state index contributed by atoms with van der Waals surface area (Å²) >= 11 is 0. The van der Waals surface area contributed by atoms with E-state index in [9.17, 15) is 4.79 Å². The summed E-state index contributed by atoms with van der Waals surface area (Å²) in [7, 11) is 0. The standard InChI is InChI=1S/C16H24N2O2/c1-12-7-6-10-14(16(12)17)20-11-15(19)18-13-8-4-2-3-5-9-13/h6-7,10,13H,2-5,8-9,11,17H2,1H3,(H,18,19). The van der Waals surface area contributed by atoms with Crippen molar-refractivity contribution >= 4 is 11.6 Å². The van der Waals surface area contributed by atoms with Crippen molar-refractivity contribution in [2.75, 3.05) is 12.3 Å². The fourth-order valence-electron chi connectivity index (χ4n) is 2.62. The summed E-state index contributed by atoms with van der Waals surface area (Å²) < 4.78 is 5.52. The van der Waals surface area contributed by atoms with E-state index in [0.717, 1.165) is 18.4 Å². The van der Waals surface area contributed by atoms with Gasteiger partial charge in [-0.3, -0.25) is 4.79 Å². The molecule has 0 bridgehead atoms. The van der Waals surface area contributed by atoms with Crippen LogP contribution in [0.4, 0.5) is 5.69 Å². The number of nitrogens with two attached hydrogens (primary N) is 1. The molecule has 4 heteroatoms. The van der Waals surface area contributed by atoms with Crippen molar-refractivity contribution in [3.8, 4) is 5.75 Å². The zero-order valence-electron chi connectivity index (χ0n) is 12.2. The van der Waals surface area contributed by atoms with Crippen LogP contribution in [0.1, 0.15) is 44.1 Å². The van der Waals surface area contributed by atoms with Crippen LogP contribution in [0.25, 0.3) is 0 Å². The minimum absolute atomic E-state index is 0.0319. The Hall–Kier alpha value is -1.71. The van der Waals surface area contributed by atoms with Crippen molar-refractivity contribution < 1.29 is 9.53 Å². The minimum atomic E-state index is -0.0576. The molecular weight excluding hydrogens is 252 g/mol. The first-order valence-electron chi connectivity index (χ1n) is 7.44. The third kappa shape index (κ3) is 4.15. The average molecular weight is 276 g/mol. The summed E-state index contributed by atoms with van der Waals surface area (Å²) in [6, 6.07) is 5.91. The molecule has 0 radical (unpaired) electrons. The number of rotatable bonds is 4. The second-order valence-electron chi connectivity index (χ2n) is 5.53. The van der Waals surface area contributed by atoms with Gasteiger partial charge in [0.15, 0.2) is 6.61 Å². The highest BCUT2D eigenvalue weighted by atomic mass is 16.5. The summed E-state index contributed by atoms with van der Waals surface area (Å²) in [6.45, 7) is 1.96. The number of nitrogens with one attached hydrogen (secondary N) is 1. The van der Waals surface area contributed by atoms with Gasteiger partial charge in [-0.15, -0.1) is 0 Å². The first-order chi connectivity index (χ1) is 9.66. The van der Waals surface area contributed by atoms with Gasteiger partial charge in [-0.1, -0.05) is 37.8 Å². The van der Waals surface area contributed by atoms with E-state index in [0.29, 0.717) is 17.5 Å². The van der Waals surface area contributed by atoms with Crippen LogP contribution in [0.2, 0.25) is 0 Å². The van der Waals surface area contributed by atoms with Crippen molar-refractivity contribution in [3.63, 3.8) is 0 Å². The lowest BCUT2D eigenvalue weighted by Gasteiger charge is -2.17. The maximum Gasteiger partial charge on any atom is 0.258 e. The Morgan fingerprint density at radius 2 is 2.00 bits per heavy atom. The second kappa shape index (κ2) is 7.17. The molecule has 1 aliphatic rings. The molecule has 4 nitrogen and oxygen atoms in total. The van der Waals surface area contributed by atoms with Gasteiger partial charge in [0.25, 0.3) is 5.91 Å². The van der Waals surface area contributed by atoms with E-state index >= 15 is 0 Å². The third-order valence-corrected chi connectivity index (χ3v) is 3.86. The van der Waals surface area contributed by atoms with Crippen LogP contribution in [0, 0.1) is 6.92 Å². The van der Waals surface area contributed by atoms with Gasteiger partial charge in [-0.2, -0.15) is 0 Å². The molecule has 1 aromatic rings. The quantitative estimate of drug-likeness (QED) is 0.656. The molecule has 20 heavy (non-hydrogen) atoms. The fraction of sp³-hybridized carbons (Fsp3) is 0.562. The molecule has 110 valence electrons. The van der Waals surface area contributed by atoms with Gasteiger partial charge in [0.05, 0.1) is 5.69 Å². The van der Waals surface area contributed by atoms with E-state index in [2.05, 4.69) is 5.32 Å². The van der Waals surface area contributed by atoms with Gasteiger partial charge in [0.1, 0.15) is 5.75 Å². The van der Waals surface area contributed by atoms with Crippen molar-refractivity contribution in [2.45, 2.75) is 51.5 Å². The van der Waals surface area contributed by atoms with Gasteiger partial charge in [0, 0.05) is 6.04 Å². The highest BCUT2D eigenvalue weighted by Crippen LogP contribution is 2.24. The number of ether oxygens (including phenoxy) is 1. The number of carbonyl (C=O) groups is 1. The molecule has 0 heterocycles. The van der Waals surface area contributed by atoms with Gasteiger partial charge < -0.3 is 15.8 Å². The van der Waals surface area contributed by atoms with Gasteiger partial charge in [0.2, 0.25) is 0 Å². The Bertz CT molecular complexity index is 452. The third-order valence-electron chi connectivity index (χ3n) is 3.86. The molecule has 3 N–H and O–H groups in total. The monoisotopic (exact) mass is 276 g/mol. The lowest BCUT2D eigenvalue weighted by atomic mass is 10.1. The Labute approximate surface area is 120 Å². The predicted octanol–water partition coefficient (Wildman–Crippen LogP) is 2.80. The fourth-order valence-corrected chi connectivity index (χ4v) is 2.62.